The summed E-state index contributed by atoms with van der Waals surface area (Å²) in [6.45, 7) is 9.25. The van der Waals surface area contributed by atoms with Gasteiger partial charge in [-0.05, 0) is 56.7 Å². The Hall–Kier alpha value is -2.48. The first-order chi connectivity index (χ1) is 15.9. The van der Waals surface area contributed by atoms with Crippen molar-refractivity contribution in [2.75, 3.05) is 25.1 Å². The third kappa shape index (κ3) is 2.24. The number of nitro groups is 1. The lowest BCUT2D eigenvalue weighted by Gasteiger charge is -2.46. The standard InChI is InChI=1S/C26H33N3O5/c1-23(2)12-17(30)20-18(34-5)9-8-16-21(20)28(23)22(31)26(16)13-25(29(32)33)14-27-10-6-7-15(27)11-19(25)24(26,3)4/h8-9,15,19H,6-7,10-14H2,1-5H3/t15-,19+,25+,26+/m0/s1. The Morgan fingerprint density at radius 1 is 1.18 bits per heavy atom. The van der Waals surface area contributed by atoms with Crippen LogP contribution in [0.3, 0.4) is 0 Å². The van der Waals surface area contributed by atoms with Crippen molar-refractivity contribution in [3.63, 3.8) is 0 Å². The van der Waals surface area contributed by atoms with Crippen LogP contribution in [0, 0.1) is 21.4 Å². The number of nitrogens with zero attached hydrogens (tertiary/aromatic N) is 3. The van der Waals surface area contributed by atoms with Crippen molar-refractivity contribution in [3.05, 3.63) is 33.4 Å². The van der Waals surface area contributed by atoms with Gasteiger partial charge in [0.15, 0.2) is 5.78 Å². The lowest BCUT2D eigenvalue weighted by molar-refractivity contribution is -0.584. The van der Waals surface area contributed by atoms with Gasteiger partial charge >= 0.3 is 0 Å². The monoisotopic (exact) mass is 467 g/mol. The number of fused-ring (bicyclic) bond motifs is 3. The second-order valence-electron chi connectivity index (χ2n) is 12.3. The maximum absolute atomic E-state index is 14.6. The van der Waals surface area contributed by atoms with E-state index >= 15 is 0 Å². The number of rotatable bonds is 2. The number of anilines is 1. The molecule has 8 nitrogen and oxygen atoms in total. The first-order valence-corrected chi connectivity index (χ1v) is 12.4. The number of carbonyl (C=O) groups is 2. The van der Waals surface area contributed by atoms with Crippen LogP contribution in [-0.2, 0) is 10.2 Å². The van der Waals surface area contributed by atoms with E-state index in [-0.39, 0.29) is 35.4 Å². The predicted molar refractivity (Wildman–Crippen MR) is 126 cm³/mol. The molecule has 1 aromatic carbocycles. The molecule has 0 N–H and O–H groups in total. The molecule has 1 aliphatic carbocycles. The molecule has 2 saturated heterocycles. The summed E-state index contributed by atoms with van der Waals surface area (Å²) in [6.07, 6.45) is 3.25. The number of ketones is 1. The molecule has 182 valence electrons. The molecule has 34 heavy (non-hydrogen) atoms. The van der Waals surface area contributed by atoms with Crippen LogP contribution in [0.25, 0.3) is 0 Å². The molecular formula is C26H33N3O5. The van der Waals surface area contributed by atoms with Crippen LogP contribution >= 0.6 is 0 Å². The molecule has 4 heterocycles. The van der Waals surface area contributed by atoms with Gasteiger partial charge in [-0.3, -0.25) is 24.6 Å². The van der Waals surface area contributed by atoms with Crippen LogP contribution in [0.15, 0.2) is 12.1 Å². The number of piperidine rings is 1. The molecule has 5 aliphatic rings. The van der Waals surface area contributed by atoms with Crippen molar-refractivity contribution in [2.24, 2.45) is 11.3 Å². The van der Waals surface area contributed by atoms with E-state index in [9.17, 15) is 19.7 Å². The van der Waals surface area contributed by atoms with E-state index in [0.29, 0.717) is 29.6 Å². The Kier molecular flexibility index (Phi) is 4.14. The quantitative estimate of drug-likeness (QED) is 0.488. The predicted octanol–water partition coefficient (Wildman–Crippen LogP) is 3.57. The highest BCUT2D eigenvalue weighted by molar-refractivity contribution is 6.19. The van der Waals surface area contributed by atoms with E-state index in [1.807, 2.05) is 19.9 Å². The summed E-state index contributed by atoms with van der Waals surface area (Å²) in [4.78, 5) is 44.8. The van der Waals surface area contributed by atoms with Gasteiger partial charge in [0, 0.05) is 35.3 Å². The molecule has 8 heteroatoms. The third-order valence-electron chi connectivity index (χ3n) is 10.1. The van der Waals surface area contributed by atoms with Crippen LogP contribution in [0.2, 0.25) is 0 Å². The second kappa shape index (κ2) is 6.39. The summed E-state index contributed by atoms with van der Waals surface area (Å²) in [5, 5.41) is 12.9. The minimum atomic E-state index is -1.18. The highest BCUT2D eigenvalue weighted by Crippen LogP contribution is 2.70. The average Bonchev–Trinajstić information content (AvgIpc) is 3.37. The zero-order valence-electron chi connectivity index (χ0n) is 20.6. The molecule has 1 amide bonds. The number of hydrogen-bond acceptors (Lipinski definition) is 6. The molecule has 4 aliphatic heterocycles. The maximum Gasteiger partial charge on any atom is 0.239 e. The van der Waals surface area contributed by atoms with Crippen molar-refractivity contribution in [3.8, 4) is 5.75 Å². The summed E-state index contributed by atoms with van der Waals surface area (Å²) in [5.74, 6) is 0.108. The zero-order valence-corrected chi connectivity index (χ0v) is 20.6. The highest BCUT2D eigenvalue weighted by atomic mass is 16.6. The molecule has 6 rings (SSSR count). The van der Waals surface area contributed by atoms with E-state index in [4.69, 9.17) is 4.74 Å². The zero-order chi connectivity index (χ0) is 24.4. The first kappa shape index (κ1) is 22.0. The normalized spacial score (nSPS) is 37.0. The van der Waals surface area contributed by atoms with Gasteiger partial charge in [-0.1, -0.05) is 19.9 Å². The fourth-order valence-corrected chi connectivity index (χ4v) is 8.63. The Labute approximate surface area is 199 Å². The van der Waals surface area contributed by atoms with E-state index in [1.54, 1.807) is 11.0 Å². The van der Waals surface area contributed by atoms with Crippen LogP contribution in [0.1, 0.15) is 75.7 Å². The minimum Gasteiger partial charge on any atom is -0.496 e. The number of ether oxygens (including phenoxy) is 1. The smallest absolute Gasteiger partial charge is 0.239 e. The Morgan fingerprint density at radius 2 is 1.91 bits per heavy atom. The molecule has 0 radical (unpaired) electrons. The van der Waals surface area contributed by atoms with Crippen molar-refractivity contribution in [1.29, 1.82) is 0 Å². The molecular weight excluding hydrogens is 434 g/mol. The first-order valence-electron chi connectivity index (χ1n) is 12.4. The van der Waals surface area contributed by atoms with Gasteiger partial charge in [-0.15, -0.1) is 0 Å². The van der Waals surface area contributed by atoms with Crippen LogP contribution in [-0.4, -0.2) is 58.8 Å². The van der Waals surface area contributed by atoms with Crippen molar-refractivity contribution >= 4 is 17.4 Å². The van der Waals surface area contributed by atoms with E-state index in [0.717, 1.165) is 31.4 Å². The van der Waals surface area contributed by atoms with Gasteiger partial charge in [-0.2, -0.15) is 0 Å². The van der Waals surface area contributed by atoms with Gasteiger partial charge in [0.1, 0.15) is 5.75 Å². The minimum absolute atomic E-state index is 0.0438. The van der Waals surface area contributed by atoms with E-state index in [2.05, 4.69) is 18.7 Å². The number of carbonyl (C=O) groups excluding carboxylic acids is 2. The molecule has 1 spiro atoms. The fourth-order valence-electron chi connectivity index (χ4n) is 8.63. The van der Waals surface area contributed by atoms with Gasteiger partial charge in [-0.25, -0.2) is 0 Å². The molecule has 4 atom stereocenters. The van der Waals surface area contributed by atoms with E-state index in [1.165, 1.54) is 7.11 Å². The summed E-state index contributed by atoms with van der Waals surface area (Å²) in [7, 11) is 1.53. The topological polar surface area (TPSA) is 93.0 Å². The Bertz CT molecular complexity index is 1160. The Balaban J connectivity index is 1.63. The highest BCUT2D eigenvalue weighted by Gasteiger charge is 2.79. The van der Waals surface area contributed by atoms with Gasteiger partial charge in [0.2, 0.25) is 11.4 Å². The lowest BCUT2D eigenvalue weighted by Crippen LogP contribution is -2.59. The number of Topliss-reactive ketones (excluding diaryl/α,β-unsaturated/α-hetero) is 1. The van der Waals surface area contributed by atoms with E-state index < -0.39 is 21.9 Å². The molecule has 3 fully saturated rings. The van der Waals surface area contributed by atoms with Crippen LogP contribution < -0.4 is 9.64 Å². The third-order valence-corrected chi connectivity index (χ3v) is 10.1. The number of amides is 1. The van der Waals surface area contributed by atoms with Crippen LogP contribution in [0.5, 0.6) is 5.75 Å². The maximum atomic E-state index is 14.6. The summed E-state index contributed by atoms with van der Waals surface area (Å²) >= 11 is 0. The summed E-state index contributed by atoms with van der Waals surface area (Å²) < 4.78 is 5.55. The number of benzene rings is 1. The van der Waals surface area contributed by atoms with Crippen LogP contribution in [0.4, 0.5) is 5.69 Å². The lowest BCUT2D eigenvalue weighted by atomic mass is 9.60. The summed E-state index contributed by atoms with van der Waals surface area (Å²) in [6, 6.07) is 4.02. The van der Waals surface area contributed by atoms with Gasteiger partial charge in [0.25, 0.3) is 0 Å². The number of hydrogen-bond donors (Lipinski definition) is 0. The SMILES string of the molecule is COc1ccc2c3c1C(=O)CC(C)(C)N3C(=O)[C@@]21C[C@@]2([N+](=O)[O-])CN3CCC[C@H]3C[C@@H]2C1(C)C. The van der Waals surface area contributed by atoms with Gasteiger partial charge < -0.3 is 9.64 Å². The fraction of sp³-hybridized carbons (Fsp3) is 0.692. The molecule has 0 aromatic heterocycles. The van der Waals surface area contributed by atoms with Crippen molar-refractivity contribution in [2.45, 2.75) is 82.3 Å². The Morgan fingerprint density at radius 3 is 2.59 bits per heavy atom. The average molecular weight is 468 g/mol. The summed E-state index contributed by atoms with van der Waals surface area (Å²) in [5.41, 5.74) is -1.75. The van der Waals surface area contributed by atoms with Crippen molar-refractivity contribution in [1.82, 2.24) is 4.90 Å². The number of methoxy groups -OCH3 is 1. The van der Waals surface area contributed by atoms with Crippen molar-refractivity contribution < 1.29 is 19.2 Å². The second-order valence-corrected chi connectivity index (χ2v) is 12.3. The largest absolute Gasteiger partial charge is 0.496 e. The molecule has 0 bridgehead atoms. The molecule has 1 aromatic rings. The molecule has 0 unspecified atom stereocenters. The molecule has 1 saturated carbocycles. The van der Waals surface area contributed by atoms with Gasteiger partial charge in [0.05, 0.1) is 30.3 Å².